The average molecular weight is 426 g/mol. The van der Waals surface area contributed by atoms with E-state index >= 15 is 0 Å². The summed E-state index contributed by atoms with van der Waals surface area (Å²) in [5.41, 5.74) is 3.43. The Labute approximate surface area is 180 Å². The summed E-state index contributed by atoms with van der Waals surface area (Å²) in [7, 11) is 0. The van der Waals surface area contributed by atoms with Crippen LogP contribution in [0.3, 0.4) is 0 Å². The van der Waals surface area contributed by atoms with Gasteiger partial charge in [0.2, 0.25) is 0 Å². The number of aromatic nitrogens is 1. The summed E-state index contributed by atoms with van der Waals surface area (Å²) in [4.78, 5) is 20.9. The monoisotopic (exact) mass is 425 g/mol. The summed E-state index contributed by atoms with van der Waals surface area (Å²) in [6.45, 7) is 12.1. The second-order valence-electron chi connectivity index (χ2n) is 6.55. The molecule has 3 rings (SSSR count). The lowest BCUT2D eigenvalue weighted by molar-refractivity contribution is 0.0695. The Balaban J connectivity index is 2.08. The van der Waals surface area contributed by atoms with Crippen LogP contribution in [0.1, 0.15) is 40.7 Å². The van der Waals surface area contributed by atoms with Crippen molar-refractivity contribution in [2.45, 2.75) is 26.3 Å². The van der Waals surface area contributed by atoms with Gasteiger partial charge in [0.1, 0.15) is 5.49 Å². The van der Waals surface area contributed by atoms with Gasteiger partial charge >= 0.3 is 0 Å². The molecule has 0 saturated carbocycles. The van der Waals surface area contributed by atoms with Crippen LogP contribution in [-0.4, -0.2) is 21.9 Å². The Bertz CT molecular complexity index is 1070. The van der Waals surface area contributed by atoms with Gasteiger partial charge in [0, 0.05) is 30.0 Å². The third-order valence-electron chi connectivity index (χ3n) is 4.89. The van der Waals surface area contributed by atoms with Gasteiger partial charge in [0.05, 0.1) is 15.9 Å². The van der Waals surface area contributed by atoms with Crippen LogP contribution >= 0.6 is 22.9 Å². The van der Waals surface area contributed by atoms with Gasteiger partial charge in [-0.3, -0.25) is 4.79 Å². The quantitative estimate of drug-likeness (QED) is 0.573. The molecule has 2 aromatic heterocycles. The Morgan fingerprint density at radius 3 is 2.79 bits per heavy atom. The third-order valence-corrected chi connectivity index (χ3v) is 6.23. The number of amides is 1. The molecule has 0 radical (unpaired) electrons. The molecule has 2 aromatic rings. The summed E-state index contributed by atoms with van der Waals surface area (Å²) < 4.78 is 2.48. The highest BCUT2D eigenvalue weighted by atomic mass is 35.5. The normalized spacial score (nSPS) is 17.5. The van der Waals surface area contributed by atoms with E-state index < -0.39 is 0 Å². The van der Waals surface area contributed by atoms with E-state index in [1.807, 2.05) is 30.9 Å². The van der Waals surface area contributed by atoms with E-state index in [-0.39, 0.29) is 11.9 Å². The average Bonchev–Trinajstić information content (AvgIpc) is 3.11. The third kappa shape index (κ3) is 4.21. The molecule has 1 aliphatic heterocycles. The number of carbonyl (C=O) groups excluding carboxylic acids is 1. The predicted octanol–water partition coefficient (Wildman–Crippen LogP) is 5.61. The maximum atomic E-state index is 13.5. The van der Waals surface area contributed by atoms with E-state index in [0.717, 1.165) is 21.9 Å². The first-order valence-electron chi connectivity index (χ1n) is 9.41. The number of nitrogens with zero attached hydrogens (tertiary/aromatic N) is 3. The SMILES string of the molecule is C=C/N=c1/ccc(C(=O)N2CCc3sc(Cl)cc3C2C(/C=C\C)=C/C)cn1C=C. The fourth-order valence-electron chi connectivity index (χ4n) is 3.62. The second kappa shape index (κ2) is 9.25. The molecule has 0 aliphatic carbocycles. The van der Waals surface area contributed by atoms with Gasteiger partial charge in [0.25, 0.3) is 5.91 Å². The van der Waals surface area contributed by atoms with E-state index in [4.69, 9.17) is 11.6 Å². The molecule has 29 heavy (non-hydrogen) atoms. The Morgan fingerprint density at radius 2 is 2.14 bits per heavy atom. The highest BCUT2D eigenvalue weighted by Crippen LogP contribution is 2.42. The lowest BCUT2D eigenvalue weighted by Gasteiger charge is -2.37. The standard InChI is InChI=1S/C23H24ClN3OS/c1-5-9-16(6-2)22-18-14-20(24)29-19(18)12-13-27(22)23(28)17-10-11-21(25-7-3)26(8-4)15-17/h5-11,14-15,22H,3-4,12-13H2,1-2H3/b9-5-,16-6+,25-21-. The van der Waals surface area contributed by atoms with Crippen molar-refractivity contribution in [3.63, 3.8) is 0 Å². The Hall–Kier alpha value is -2.63. The largest absolute Gasteiger partial charge is 0.327 e. The number of hydrogen-bond acceptors (Lipinski definition) is 3. The van der Waals surface area contributed by atoms with Crippen LogP contribution in [0.2, 0.25) is 4.34 Å². The van der Waals surface area contributed by atoms with E-state index in [1.54, 1.807) is 40.4 Å². The van der Waals surface area contributed by atoms with Crippen molar-refractivity contribution in [2.24, 2.45) is 4.99 Å². The van der Waals surface area contributed by atoms with Gasteiger partial charge in [-0.25, -0.2) is 4.99 Å². The van der Waals surface area contributed by atoms with Gasteiger partial charge in [0.15, 0.2) is 0 Å². The summed E-state index contributed by atoms with van der Waals surface area (Å²) in [6, 6.07) is 5.42. The second-order valence-corrected chi connectivity index (χ2v) is 8.31. The van der Waals surface area contributed by atoms with Gasteiger partial charge < -0.3 is 9.47 Å². The molecule has 0 aromatic carbocycles. The first kappa shape index (κ1) is 21.1. The first-order chi connectivity index (χ1) is 14.0. The van der Waals surface area contributed by atoms with Crippen LogP contribution < -0.4 is 5.49 Å². The summed E-state index contributed by atoms with van der Waals surface area (Å²) in [5, 5.41) is 0. The number of halogens is 1. The van der Waals surface area contributed by atoms with Gasteiger partial charge in [-0.1, -0.05) is 43.0 Å². The summed E-state index contributed by atoms with van der Waals surface area (Å²) in [5.74, 6) is -0.0346. The zero-order valence-electron chi connectivity index (χ0n) is 16.6. The zero-order chi connectivity index (χ0) is 21.0. The highest BCUT2D eigenvalue weighted by molar-refractivity contribution is 7.16. The van der Waals surface area contributed by atoms with E-state index in [0.29, 0.717) is 17.6 Å². The molecular weight excluding hydrogens is 402 g/mol. The van der Waals surface area contributed by atoms with E-state index in [9.17, 15) is 4.79 Å². The molecule has 3 heterocycles. The minimum Gasteiger partial charge on any atom is -0.327 e. The van der Waals surface area contributed by atoms with Crippen molar-refractivity contribution in [3.05, 3.63) is 93.4 Å². The molecule has 0 spiro atoms. The number of fused-ring (bicyclic) bond motifs is 1. The molecule has 1 atom stereocenters. The van der Waals surface area contributed by atoms with Crippen molar-refractivity contribution in [3.8, 4) is 0 Å². The minimum absolute atomic E-state index is 0.0346. The minimum atomic E-state index is -0.161. The molecule has 1 unspecified atom stereocenters. The smallest absolute Gasteiger partial charge is 0.256 e. The zero-order valence-corrected chi connectivity index (χ0v) is 18.2. The number of thiophene rings is 1. The molecule has 0 bridgehead atoms. The molecule has 150 valence electrons. The van der Waals surface area contributed by atoms with Gasteiger partial charge in [-0.2, -0.15) is 0 Å². The predicted molar refractivity (Wildman–Crippen MR) is 122 cm³/mol. The number of pyridine rings is 1. The van der Waals surface area contributed by atoms with E-state index in [2.05, 4.69) is 30.3 Å². The van der Waals surface area contributed by atoms with Gasteiger partial charge in [-0.15, -0.1) is 11.3 Å². The van der Waals surface area contributed by atoms with Crippen LogP contribution in [0.5, 0.6) is 0 Å². The van der Waals surface area contributed by atoms with Crippen LogP contribution in [0.25, 0.3) is 6.20 Å². The maximum absolute atomic E-state index is 13.5. The topological polar surface area (TPSA) is 37.6 Å². The Morgan fingerprint density at radius 1 is 1.34 bits per heavy atom. The van der Waals surface area contributed by atoms with Crippen molar-refractivity contribution in [1.29, 1.82) is 0 Å². The number of hydrogen-bond donors (Lipinski definition) is 0. The van der Waals surface area contributed by atoms with Crippen LogP contribution in [-0.2, 0) is 6.42 Å². The maximum Gasteiger partial charge on any atom is 0.256 e. The van der Waals surface area contributed by atoms with Crippen molar-refractivity contribution < 1.29 is 4.79 Å². The molecule has 1 amide bonds. The Kier molecular flexibility index (Phi) is 6.72. The first-order valence-corrected chi connectivity index (χ1v) is 10.6. The summed E-state index contributed by atoms with van der Waals surface area (Å²) in [6.07, 6.45) is 11.8. The molecule has 1 aliphatic rings. The molecule has 0 N–H and O–H groups in total. The molecule has 0 fully saturated rings. The van der Waals surface area contributed by atoms with Crippen molar-refractivity contribution in [1.82, 2.24) is 9.47 Å². The van der Waals surface area contributed by atoms with E-state index in [1.165, 1.54) is 11.1 Å². The van der Waals surface area contributed by atoms with Crippen LogP contribution in [0, 0.1) is 0 Å². The van der Waals surface area contributed by atoms with Gasteiger partial charge in [-0.05, 0) is 49.6 Å². The molecule has 4 nitrogen and oxygen atoms in total. The summed E-state index contributed by atoms with van der Waals surface area (Å²) >= 11 is 7.92. The highest BCUT2D eigenvalue weighted by Gasteiger charge is 2.34. The van der Waals surface area contributed by atoms with Crippen LogP contribution in [0.4, 0.5) is 0 Å². The number of allylic oxidation sites excluding steroid dienone is 2. The fourth-order valence-corrected chi connectivity index (χ4v) is 4.92. The van der Waals surface area contributed by atoms with Crippen molar-refractivity contribution in [2.75, 3.05) is 6.54 Å². The fraction of sp³-hybridized carbons (Fsp3) is 0.217. The molecular formula is C23H24ClN3OS. The molecule has 0 saturated heterocycles. The number of carbonyl (C=O) groups is 1. The lowest BCUT2D eigenvalue weighted by Crippen LogP contribution is -2.40. The lowest BCUT2D eigenvalue weighted by atomic mass is 9.92. The molecule has 6 heteroatoms. The van der Waals surface area contributed by atoms with Crippen molar-refractivity contribution >= 4 is 35.0 Å². The van der Waals surface area contributed by atoms with Crippen LogP contribution in [0.15, 0.2) is 72.5 Å². The number of rotatable bonds is 5.